The zero-order valence-electron chi connectivity index (χ0n) is 10.9. The quantitative estimate of drug-likeness (QED) is 0.733. The van der Waals surface area contributed by atoms with E-state index in [1.807, 2.05) is 6.92 Å². The molecule has 0 aromatic rings. The lowest BCUT2D eigenvalue weighted by Gasteiger charge is -2.33. The fourth-order valence-corrected chi connectivity index (χ4v) is 6.03. The maximum absolute atomic E-state index is 12.2. The minimum Gasteiger partial charge on any atom is -0.317 e. The lowest BCUT2D eigenvalue weighted by atomic mass is 10.1. The maximum Gasteiger partial charge on any atom is 0.228 e. The molecular formula is C10H22N2O4S2. The summed E-state index contributed by atoms with van der Waals surface area (Å²) in [5.41, 5.74) is 0. The zero-order chi connectivity index (χ0) is 13.8. The molecular weight excluding hydrogens is 276 g/mol. The van der Waals surface area contributed by atoms with Crippen LogP contribution >= 0.6 is 0 Å². The van der Waals surface area contributed by atoms with E-state index >= 15 is 0 Å². The summed E-state index contributed by atoms with van der Waals surface area (Å²) in [5, 5.41) is 2.38. The molecule has 0 aromatic carbocycles. The second-order valence-corrected chi connectivity index (χ2v) is 9.17. The summed E-state index contributed by atoms with van der Waals surface area (Å²) in [6.07, 6.45) is 3.12. The molecule has 1 aliphatic rings. The van der Waals surface area contributed by atoms with Crippen molar-refractivity contribution in [2.75, 3.05) is 31.0 Å². The third-order valence-corrected chi connectivity index (χ3v) is 6.98. The number of rotatable bonds is 6. The van der Waals surface area contributed by atoms with Gasteiger partial charge in [-0.05, 0) is 32.4 Å². The molecule has 18 heavy (non-hydrogen) atoms. The number of nitrogens with zero attached hydrogens (tertiary/aromatic N) is 1. The van der Waals surface area contributed by atoms with Crippen molar-refractivity contribution in [3.8, 4) is 0 Å². The van der Waals surface area contributed by atoms with Gasteiger partial charge in [-0.1, -0.05) is 6.92 Å². The monoisotopic (exact) mass is 298 g/mol. The van der Waals surface area contributed by atoms with Gasteiger partial charge in [-0.15, -0.1) is 0 Å². The van der Waals surface area contributed by atoms with Gasteiger partial charge in [0, 0.05) is 18.8 Å². The first-order valence-electron chi connectivity index (χ1n) is 6.14. The van der Waals surface area contributed by atoms with E-state index in [9.17, 15) is 16.8 Å². The topological polar surface area (TPSA) is 83.6 Å². The van der Waals surface area contributed by atoms with E-state index in [4.69, 9.17) is 0 Å². The van der Waals surface area contributed by atoms with Gasteiger partial charge in [0.15, 0.2) is 14.9 Å². The number of hydrogen-bond acceptors (Lipinski definition) is 5. The highest BCUT2D eigenvalue weighted by molar-refractivity contribution is 8.06. The summed E-state index contributed by atoms with van der Waals surface area (Å²) in [4.78, 5) is 0. The van der Waals surface area contributed by atoms with E-state index in [0.717, 1.165) is 32.2 Å². The molecule has 0 aliphatic carbocycles. The van der Waals surface area contributed by atoms with Crippen LogP contribution < -0.4 is 5.32 Å². The average molecular weight is 298 g/mol. The molecule has 0 radical (unpaired) electrons. The van der Waals surface area contributed by atoms with Crippen LogP contribution in [0.25, 0.3) is 0 Å². The standard InChI is InChI=1S/C10H22N2O4S2/c1-3-8-12(10-4-6-11-7-5-10)18(15,16)9-17(2,13)14/h10-11H,3-9H2,1-2H3. The summed E-state index contributed by atoms with van der Waals surface area (Å²) in [6.45, 7) is 3.84. The van der Waals surface area contributed by atoms with Crippen molar-refractivity contribution >= 4 is 19.9 Å². The summed E-state index contributed by atoms with van der Waals surface area (Å²) >= 11 is 0. The second kappa shape index (κ2) is 6.31. The van der Waals surface area contributed by atoms with Crippen molar-refractivity contribution in [3.05, 3.63) is 0 Å². The number of sulfone groups is 1. The van der Waals surface area contributed by atoms with Gasteiger partial charge in [0.2, 0.25) is 10.0 Å². The molecule has 108 valence electrons. The largest absolute Gasteiger partial charge is 0.317 e. The molecule has 1 N–H and O–H groups in total. The molecule has 0 saturated carbocycles. The molecule has 0 unspecified atom stereocenters. The predicted octanol–water partition coefficient (Wildman–Crippen LogP) is -0.218. The van der Waals surface area contributed by atoms with Crippen LogP contribution in [-0.2, 0) is 19.9 Å². The van der Waals surface area contributed by atoms with Crippen LogP contribution in [0.15, 0.2) is 0 Å². The lowest BCUT2D eigenvalue weighted by Crippen LogP contribution is -2.47. The number of nitrogens with one attached hydrogen (secondary N) is 1. The van der Waals surface area contributed by atoms with E-state index in [1.165, 1.54) is 4.31 Å². The first kappa shape index (κ1) is 15.9. The Morgan fingerprint density at radius 3 is 2.17 bits per heavy atom. The van der Waals surface area contributed by atoms with Gasteiger partial charge in [0.1, 0.15) is 0 Å². The van der Waals surface area contributed by atoms with Gasteiger partial charge in [-0.3, -0.25) is 0 Å². The van der Waals surface area contributed by atoms with Gasteiger partial charge in [-0.25, -0.2) is 16.8 Å². The van der Waals surface area contributed by atoms with Crippen LogP contribution in [0.2, 0.25) is 0 Å². The molecule has 0 spiro atoms. The predicted molar refractivity (Wildman–Crippen MR) is 71.5 cm³/mol. The third-order valence-electron chi connectivity index (χ3n) is 2.88. The minimum atomic E-state index is -3.72. The molecule has 1 rings (SSSR count). The molecule has 0 aromatic heterocycles. The SMILES string of the molecule is CCCN(C1CCNCC1)S(=O)(=O)CS(C)(=O)=O. The summed E-state index contributed by atoms with van der Waals surface area (Å²) in [6, 6.07) is -0.0713. The van der Waals surface area contributed by atoms with Crippen LogP contribution in [0, 0.1) is 0 Å². The molecule has 1 heterocycles. The molecule has 1 aliphatic heterocycles. The van der Waals surface area contributed by atoms with E-state index < -0.39 is 24.9 Å². The van der Waals surface area contributed by atoms with Gasteiger partial charge >= 0.3 is 0 Å². The smallest absolute Gasteiger partial charge is 0.228 e. The van der Waals surface area contributed by atoms with E-state index in [2.05, 4.69) is 5.32 Å². The first-order valence-corrected chi connectivity index (χ1v) is 9.81. The van der Waals surface area contributed by atoms with Crippen molar-refractivity contribution < 1.29 is 16.8 Å². The number of hydrogen-bond donors (Lipinski definition) is 1. The molecule has 6 nitrogen and oxygen atoms in total. The van der Waals surface area contributed by atoms with Crippen LogP contribution in [0.1, 0.15) is 26.2 Å². The molecule has 0 atom stereocenters. The molecule has 1 fully saturated rings. The number of piperidine rings is 1. The molecule has 0 bridgehead atoms. The van der Waals surface area contributed by atoms with Gasteiger partial charge in [0.05, 0.1) is 0 Å². The Morgan fingerprint density at radius 2 is 1.72 bits per heavy atom. The minimum absolute atomic E-state index is 0.0713. The van der Waals surface area contributed by atoms with Crippen LogP contribution in [-0.4, -0.2) is 58.2 Å². The molecule has 0 amide bonds. The highest BCUT2D eigenvalue weighted by Gasteiger charge is 2.32. The highest BCUT2D eigenvalue weighted by Crippen LogP contribution is 2.18. The zero-order valence-corrected chi connectivity index (χ0v) is 12.6. The van der Waals surface area contributed by atoms with Crippen molar-refractivity contribution in [1.82, 2.24) is 9.62 Å². The van der Waals surface area contributed by atoms with Crippen LogP contribution in [0.5, 0.6) is 0 Å². The molecule has 1 saturated heterocycles. The second-order valence-electron chi connectivity index (χ2n) is 4.75. The van der Waals surface area contributed by atoms with Crippen LogP contribution in [0.4, 0.5) is 0 Å². The fourth-order valence-electron chi connectivity index (χ4n) is 2.20. The highest BCUT2D eigenvalue weighted by atomic mass is 32.3. The summed E-state index contributed by atoms with van der Waals surface area (Å²) in [5.74, 6) is 0. The maximum atomic E-state index is 12.2. The first-order chi connectivity index (χ1) is 8.26. The summed E-state index contributed by atoms with van der Waals surface area (Å²) < 4.78 is 48.1. The van der Waals surface area contributed by atoms with E-state index in [-0.39, 0.29) is 6.04 Å². The van der Waals surface area contributed by atoms with Crippen molar-refractivity contribution in [1.29, 1.82) is 0 Å². The Labute approximate surface area is 110 Å². The van der Waals surface area contributed by atoms with Crippen molar-refractivity contribution in [2.24, 2.45) is 0 Å². The Kier molecular flexibility index (Phi) is 5.57. The van der Waals surface area contributed by atoms with E-state index in [1.54, 1.807) is 0 Å². The molecule has 8 heteroatoms. The lowest BCUT2D eigenvalue weighted by molar-refractivity contribution is 0.263. The van der Waals surface area contributed by atoms with Crippen LogP contribution in [0.3, 0.4) is 0 Å². The Morgan fingerprint density at radius 1 is 1.17 bits per heavy atom. The van der Waals surface area contributed by atoms with Gasteiger partial charge in [-0.2, -0.15) is 4.31 Å². The van der Waals surface area contributed by atoms with Gasteiger partial charge in [0.25, 0.3) is 0 Å². The van der Waals surface area contributed by atoms with E-state index in [0.29, 0.717) is 13.0 Å². The normalized spacial score (nSPS) is 19.3. The average Bonchev–Trinajstić information content (AvgIpc) is 2.23. The Balaban J connectivity index is 2.89. The van der Waals surface area contributed by atoms with Gasteiger partial charge < -0.3 is 5.32 Å². The van der Waals surface area contributed by atoms with Crippen molar-refractivity contribution in [3.63, 3.8) is 0 Å². The Bertz CT molecular complexity index is 452. The summed E-state index contributed by atoms with van der Waals surface area (Å²) in [7, 11) is -7.25. The third kappa shape index (κ3) is 4.83. The number of sulfonamides is 1. The fraction of sp³-hybridized carbons (Fsp3) is 1.00. The van der Waals surface area contributed by atoms with Crippen molar-refractivity contribution in [2.45, 2.75) is 32.2 Å². The Hall–Kier alpha value is -0.180.